The molecule has 0 spiro atoms. The van der Waals surface area contributed by atoms with Crippen molar-refractivity contribution in [1.82, 2.24) is 31.2 Å². The number of carbonyl (C=O) groups excluding carboxylic acids is 5. The number of guanidine groups is 1. The number of unbranched alkanes of at least 4 members (excludes halogenated alkanes) is 1. The Morgan fingerprint density at radius 2 is 1.53 bits per heavy atom. The number of amides is 5. The number of carbonyl (C=O) groups is 6. The third-order valence-electron chi connectivity index (χ3n) is 10.9. The fourth-order valence-corrected chi connectivity index (χ4v) is 6.54. The van der Waals surface area contributed by atoms with Gasteiger partial charge in [0.15, 0.2) is 18.1 Å². The number of hydrogen-bond donors (Lipinski definition) is 9. The van der Waals surface area contributed by atoms with Crippen LogP contribution in [0.15, 0.2) is 29.3 Å². The molecule has 0 saturated carbocycles. The lowest BCUT2D eigenvalue weighted by Crippen LogP contribution is -2.58. The average molecular weight is 832 g/mol. The summed E-state index contributed by atoms with van der Waals surface area (Å²) in [4.78, 5) is 83.2. The minimum Gasteiger partial charge on any atom is -0.714 e. The number of hydrogen-bond acceptors (Lipinski definition) is 12. The quantitative estimate of drug-likeness (QED) is 0.0232. The van der Waals surface area contributed by atoms with Crippen LogP contribution in [0.3, 0.4) is 0 Å². The molecule has 21 nitrogen and oxygen atoms in total. The Bertz CT molecular complexity index is 1750. The molecular weight excluding hydrogens is 770 g/mol. The van der Waals surface area contributed by atoms with Gasteiger partial charge >= 0.3 is 11.8 Å². The third-order valence-corrected chi connectivity index (χ3v) is 10.9. The molecule has 21 heteroatoms. The van der Waals surface area contributed by atoms with Gasteiger partial charge in [0.05, 0.1) is 5.56 Å². The Morgan fingerprint density at radius 3 is 2.08 bits per heavy atom. The van der Waals surface area contributed by atoms with Gasteiger partial charge < -0.3 is 58.4 Å². The highest BCUT2D eigenvalue weighted by Gasteiger charge is 2.58. The summed E-state index contributed by atoms with van der Waals surface area (Å²) >= 11 is 0. The monoisotopic (exact) mass is 831 g/mol. The number of amidine groups is 1. The van der Waals surface area contributed by atoms with Crippen LogP contribution in [0.25, 0.3) is 0 Å². The van der Waals surface area contributed by atoms with Crippen LogP contribution in [-0.4, -0.2) is 140 Å². The topological polar surface area (TPSA) is 323 Å². The molecule has 2 aliphatic rings. The number of carboxylic acid groups (broad SMARTS) is 1. The van der Waals surface area contributed by atoms with Crippen molar-refractivity contribution in [3.63, 3.8) is 0 Å². The highest BCUT2D eigenvalue weighted by atomic mass is 16.5. The van der Waals surface area contributed by atoms with Gasteiger partial charge in [-0.3, -0.25) is 33.7 Å². The number of carboxylic acids is 1. The number of nitrogens with one attached hydrogen (secondary N) is 4. The van der Waals surface area contributed by atoms with E-state index >= 15 is 0 Å². The van der Waals surface area contributed by atoms with E-state index in [-0.39, 0.29) is 56.3 Å². The van der Waals surface area contributed by atoms with Crippen LogP contribution in [0.4, 0.5) is 0 Å². The van der Waals surface area contributed by atoms with Gasteiger partial charge in [-0.1, -0.05) is 0 Å². The molecule has 1 aromatic carbocycles. The van der Waals surface area contributed by atoms with Crippen LogP contribution < -0.4 is 43.2 Å². The fraction of sp³-hybridized carbons (Fsp3) is 0.632. The number of hydroxylamine groups is 3. The van der Waals surface area contributed by atoms with Crippen LogP contribution in [0.5, 0.6) is 5.75 Å². The lowest BCUT2D eigenvalue weighted by Gasteiger charge is -2.33. The number of ether oxygens (including phenoxy) is 1. The highest BCUT2D eigenvalue weighted by molar-refractivity contribution is 5.97. The Balaban J connectivity index is 1.61. The second-order valence-corrected chi connectivity index (χ2v) is 15.8. The second kappa shape index (κ2) is 20.8. The van der Waals surface area contributed by atoms with Crippen LogP contribution in [0.2, 0.25) is 0 Å². The molecule has 0 aliphatic carbocycles. The molecule has 1 saturated heterocycles. The minimum atomic E-state index is -1.22. The fourth-order valence-electron chi connectivity index (χ4n) is 6.54. The summed E-state index contributed by atoms with van der Waals surface area (Å²) in [5.74, 6) is -4.25. The van der Waals surface area contributed by atoms with Crippen molar-refractivity contribution < 1.29 is 48.6 Å². The normalized spacial score (nSPS) is 18.9. The summed E-state index contributed by atoms with van der Waals surface area (Å²) in [5.41, 5.74) is 15.0. The average Bonchev–Trinajstić information content (AvgIpc) is 3.71. The smallest absolute Gasteiger partial charge is 0.326 e. The van der Waals surface area contributed by atoms with E-state index in [1.165, 1.54) is 30.9 Å². The lowest BCUT2D eigenvalue weighted by atomic mass is 9.84. The summed E-state index contributed by atoms with van der Waals surface area (Å²) in [5, 5.41) is 44.5. The predicted molar refractivity (Wildman–Crippen MR) is 216 cm³/mol. The van der Waals surface area contributed by atoms with Crippen LogP contribution in [0, 0.1) is 5.21 Å². The van der Waals surface area contributed by atoms with Crippen molar-refractivity contribution in [2.45, 2.75) is 128 Å². The van der Waals surface area contributed by atoms with Crippen LogP contribution in [0.1, 0.15) is 92.1 Å². The molecule has 3 rings (SSSR count). The maximum absolute atomic E-state index is 13.9. The molecule has 0 bridgehead atoms. The van der Waals surface area contributed by atoms with Crippen molar-refractivity contribution in [1.29, 1.82) is 0 Å². The summed E-state index contributed by atoms with van der Waals surface area (Å²) in [6, 6.07) is 0.699. The van der Waals surface area contributed by atoms with Crippen molar-refractivity contribution in [2.24, 2.45) is 22.2 Å². The first-order chi connectivity index (χ1) is 27.6. The zero-order valence-corrected chi connectivity index (χ0v) is 34.7. The molecule has 0 unspecified atom stereocenters. The van der Waals surface area contributed by atoms with Crippen LogP contribution in [-0.2, 0) is 28.8 Å². The molecule has 12 N–H and O–H groups in total. The number of rotatable bonds is 21. The maximum atomic E-state index is 13.9. The van der Waals surface area contributed by atoms with E-state index in [1.54, 1.807) is 39.8 Å². The molecule has 0 radical (unpaired) electrons. The van der Waals surface area contributed by atoms with Gasteiger partial charge in [-0.2, -0.15) is 0 Å². The van der Waals surface area contributed by atoms with Gasteiger partial charge in [0.25, 0.3) is 5.91 Å². The number of aliphatic carboxylic acids is 1. The van der Waals surface area contributed by atoms with E-state index in [1.807, 2.05) is 0 Å². The van der Waals surface area contributed by atoms with Gasteiger partial charge in [0.1, 0.15) is 41.5 Å². The predicted octanol–water partition coefficient (Wildman–Crippen LogP) is -1.18. The summed E-state index contributed by atoms with van der Waals surface area (Å²) < 4.78 is 6.34. The van der Waals surface area contributed by atoms with E-state index < -0.39 is 83.4 Å². The first kappa shape index (κ1) is 47.7. The van der Waals surface area contributed by atoms with Crippen molar-refractivity contribution in [3.05, 3.63) is 35.0 Å². The molecule has 1 fully saturated rings. The molecule has 5 atom stereocenters. The molecule has 0 aromatic heterocycles. The van der Waals surface area contributed by atoms with Gasteiger partial charge in [-0.25, -0.2) is 10.0 Å². The Labute approximate surface area is 343 Å². The van der Waals surface area contributed by atoms with E-state index in [9.17, 15) is 44.3 Å². The number of nitrogens with zero attached hydrogens (tertiary/aromatic N) is 4. The van der Waals surface area contributed by atoms with E-state index in [0.29, 0.717) is 31.4 Å². The van der Waals surface area contributed by atoms with Crippen molar-refractivity contribution >= 4 is 47.3 Å². The number of aliphatic imine (C=N–C) groups is 1. The lowest BCUT2D eigenvalue weighted by molar-refractivity contribution is -0.539. The first-order valence-corrected chi connectivity index (χ1v) is 19.7. The molecule has 2 heterocycles. The third kappa shape index (κ3) is 12.2. The summed E-state index contributed by atoms with van der Waals surface area (Å²) in [7, 11) is 0. The Kier molecular flexibility index (Phi) is 16.8. The van der Waals surface area contributed by atoms with Crippen LogP contribution >= 0.6 is 0 Å². The molecule has 59 heavy (non-hydrogen) atoms. The number of nitrogens with two attached hydrogens (primary N) is 3. The summed E-state index contributed by atoms with van der Waals surface area (Å²) in [6.07, 6.45) is 2.33. The van der Waals surface area contributed by atoms with E-state index in [4.69, 9.17) is 21.9 Å². The van der Waals surface area contributed by atoms with Gasteiger partial charge in [0, 0.05) is 13.1 Å². The van der Waals surface area contributed by atoms with E-state index in [2.05, 4.69) is 26.3 Å². The van der Waals surface area contributed by atoms with Crippen molar-refractivity contribution in [3.8, 4) is 5.75 Å². The Morgan fingerprint density at radius 1 is 0.932 bits per heavy atom. The Hall–Kier alpha value is -5.70. The van der Waals surface area contributed by atoms with E-state index in [0.717, 1.165) is 9.80 Å². The molecular formula is C38H61N11O10. The number of likely N-dealkylation sites (tertiary alicyclic amines) is 1. The number of benzene rings is 1. The van der Waals surface area contributed by atoms with Gasteiger partial charge in [-0.05, 0) is 117 Å². The molecule has 5 amide bonds. The second-order valence-electron chi connectivity index (χ2n) is 15.8. The minimum absolute atomic E-state index is 0.0670. The van der Waals surface area contributed by atoms with Crippen molar-refractivity contribution in [2.75, 3.05) is 26.2 Å². The highest BCUT2D eigenvalue weighted by Crippen LogP contribution is 2.37. The zero-order chi connectivity index (χ0) is 44.2. The van der Waals surface area contributed by atoms with Gasteiger partial charge in [0.2, 0.25) is 23.6 Å². The SMILES string of the molecule is C[C@H](NC(=O)COc1ccc(C2=[N+]([O-])C(C)(C)C(C)(C)N2O)cc1)C(=O)N[C@@H](CCCN=C(N)N)C(=O)N1CCC[C@H]1C(=O)N[C@@H](C)C(=O)N[C@@H](CCCCN)C(=O)O. The molecule has 328 valence electrons. The first-order valence-electron chi connectivity index (χ1n) is 19.7. The maximum Gasteiger partial charge on any atom is 0.326 e. The standard InChI is InChI=1S/C38H61N11O10/c1-22(43-29(50)21-59-25-16-14-24(15-17-25)33-48(57)37(3,4)38(5,6)49(33)58)30(51)45-26(12-9-19-42-36(40)41)34(54)47-20-10-13-28(47)32(53)44-23(2)31(52)46-27(35(55)56)11-7-8-18-39/h14-17,22-23,26-28,57H,7-13,18-21,39H2,1-6H3,(H,43,50)(H,44,53)(H,45,51)(H,46,52)(H,55,56)(H4,40,41,42)/t22-,23-,26-,27-,28-/m0/s1. The molecule has 1 aromatic rings. The largest absolute Gasteiger partial charge is 0.714 e. The summed E-state index contributed by atoms with van der Waals surface area (Å²) in [6.45, 7) is 10.0. The van der Waals surface area contributed by atoms with Gasteiger partial charge in [-0.15, -0.1) is 5.06 Å². The molecule has 2 aliphatic heterocycles. The zero-order valence-electron chi connectivity index (χ0n) is 34.7.